The maximum absolute atomic E-state index is 12.4. The fraction of sp³-hybridized carbons (Fsp3) is 0.278. The van der Waals surface area contributed by atoms with E-state index in [2.05, 4.69) is 0 Å². The van der Waals surface area contributed by atoms with Gasteiger partial charge in [-0.05, 0) is 41.8 Å². The highest BCUT2D eigenvalue weighted by Gasteiger charge is 2.35. The second-order valence-corrected chi connectivity index (χ2v) is 6.63. The lowest BCUT2D eigenvalue weighted by Crippen LogP contribution is -2.44. The van der Waals surface area contributed by atoms with E-state index in [1.165, 1.54) is 0 Å². The predicted octanol–water partition coefficient (Wildman–Crippen LogP) is 4.22. The Morgan fingerprint density at radius 1 is 1.09 bits per heavy atom. The van der Waals surface area contributed by atoms with Crippen molar-refractivity contribution in [1.29, 1.82) is 0 Å². The first-order valence-corrected chi connectivity index (χ1v) is 8.27. The van der Waals surface area contributed by atoms with Crippen LogP contribution in [-0.4, -0.2) is 22.0 Å². The lowest BCUT2D eigenvalue weighted by atomic mass is 9.91. The average Bonchev–Trinajstić information content (AvgIpc) is 2.53. The molecule has 2 atom stereocenters. The summed E-state index contributed by atoms with van der Waals surface area (Å²) in [6.45, 7) is 0.435. The lowest BCUT2D eigenvalue weighted by Gasteiger charge is -2.39. The summed E-state index contributed by atoms with van der Waals surface area (Å²) < 4.78 is 0. The number of halogens is 2. The van der Waals surface area contributed by atoms with Crippen LogP contribution in [0.2, 0.25) is 10.0 Å². The van der Waals surface area contributed by atoms with Gasteiger partial charge in [0.2, 0.25) is 5.91 Å². The number of hydrogen-bond donors (Lipinski definition) is 1. The summed E-state index contributed by atoms with van der Waals surface area (Å²) in [4.78, 5) is 14.2. The van der Waals surface area contributed by atoms with Crippen LogP contribution < -0.4 is 0 Å². The first-order valence-electron chi connectivity index (χ1n) is 7.52. The third-order valence-corrected chi connectivity index (χ3v) is 4.62. The zero-order valence-electron chi connectivity index (χ0n) is 12.5. The number of carbonyl (C=O) groups is 1. The van der Waals surface area contributed by atoms with Crippen molar-refractivity contribution >= 4 is 29.1 Å². The van der Waals surface area contributed by atoms with Gasteiger partial charge in [0.15, 0.2) is 0 Å². The van der Waals surface area contributed by atoms with Gasteiger partial charge in [-0.15, -0.1) is 0 Å². The van der Waals surface area contributed by atoms with Gasteiger partial charge in [-0.3, -0.25) is 4.79 Å². The summed E-state index contributed by atoms with van der Waals surface area (Å²) in [6.07, 6.45) is 0.220. The van der Waals surface area contributed by atoms with Crippen molar-refractivity contribution < 1.29 is 9.90 Å². The third kappa shape index (κ3) is 3.69. The largest absolute Gasteiger partial charge is 0.391 e. The highest BCUT2D eigenvalue weighted by Crippen LogP contribution is 2.34. The quantitative estimate of drug-likeness (QED) is 0.901. The van der Waals surface area contributed by atoms with Crippen LogP contribution in [0.25, 0.3) is 0 Å². The van der Waals surface area contributed by atoms with E-state index in [4.69, 9.17) is 23.2 Å². The molecule has 0 spiro atoms. The molecular formula is C18H17Cl2NO2. The van der Waals surface area contributed by atoms with Crippen molar-refractivity contribution in [2.75, 3.05) is 0 Å². The fourth-order valence-electron chi connectivity index (χ4n) is 3.00. The molecule has 0 bridgehead atoms. The molecule has 0 aliphatic carbocycles. The first kappa shape index (κ1) is 16.3. The van der Waals surface area contributed by atoms with E-state index < -0.39 is 6.10 Å². The molecular weight excluding hydrogens is 333 g/mol. The van der Waals surface area contributed by atoms with Gasteiger partial charge in [-0.2, -0.15) is 0 Å². The Hall–Kier alpha value is -1.55. The Balaban J connectivity index is 1.92. The Labute approximate surface area is 145 Å². The van der Waals surface area contributed by atoms with Gasteiger partial charge in [0, 0.05) is 23.0 Å². The number of carbonyl (C=O) groups excluding carboxylic acids is 1. The minimum atomic E-state index is -0.599. The molecule has 3 nitrogen and oxygen atoms in total. The van der Waals surface area contributed by atoms with E-state index in [0.717, 1.165) is 11.1 Å². The SMILES string of the molecule is O=C1CC[C@H](O)[C@@H](c2cccc(Cl)c2)N1Cc1ccc(Cl)cc1. The molecule has 120 valence electrons. The molecule has 1 saturated heterocycles. The van der Waals surface area contributed by atoms with Crippen LogP contribution in [0, 0.1) is 0 Å². The Morgan fingerprint density at radius 3 is 2.52 bits per heavy atom. The highest BCUT2D eigenvalue weighted by molar-refractivity contribution is 6.30. The monoisotopic (exact) mass is 349 g/mol. The molecule has 5 heteroatoms. The molecule has 1 fully saturated rings. The maximum atomic E-state index is 12.4. The molecule has 0 radical (unpaired) electrons. The number of aliphatic hydroxyl groups is 1. The molecule has 3 rings (SSSR count). The zero-order chi connectivity index (χ0) is 16.4. The Kier molecular flexibility index (Phi) is 4.90. The van der Waals surface area contributed by atoms with Gasteiger partial charge >= 0.3 is 0 Å². The summed E-state index contributed by atoms with van der Waals surface area (Å²) in [5.41, 5.74) is 1.83. The van der Waals surface area contributed by atoms with E-state index in [9.17, 15) is 9.90 Å². The van der Waals surface area contributed by atoms with Crippen molar-refractivity contribution in [1.82, 2.24) is 4.90 Å². The summed E-state index contributed by atoms with van der Waals surface area (Å²) in [5.74, 6) is 0.0372. The Morgan fingerprint density at radius 2 is 1.83 bits per heavy atom. The van der Waals surface area contributed by atoms with Crippen molar-refractivity contribution in [2.24, 2.45) is 0 Å². The van der Waals surface area contributed by atoms with Gasteiger partial charge in [0.25, 0.3) is 0 Å². The number of benzene rings is 2. The number of likely N-dealkylation sites (tertiary alicyclic amines) is 1. The Bertz CT molecular complexity index is 702. The average molecular weight is 350 g/mol. The van der Waals surface area contributed by atoms with Crippen molar-refractivity contribution in [2.45, 2.75) is 31.5 Å². The smallest absolute Gasteiger partial charge is 0.223 e. The number of hydrogen-bond acceptors (Lipinski definition) is 2. The van der Waals surface area contributed by atoms with Gasteiger partial charge in [0.05, 0.1) is 12.1 Å². The van der Waals surface area contributed by atoms with Crippen molar-refractivity contribution in [3.63, 3.8) is 0 Å². The molecule has 1 heterocycles. The van der Waals surface area contributed by atoms with Crippen LogP contribution >= 0.6 is 23.2 Å². The molecule has 0 unspecified atom stereocenters. The standard InChI is InChI=1S/C18H17Cl2NO2/c19-14-6-4-12(5-7-14)11-21-17(23)9-8-16(22)18(21)13-2-1-3-15(20)10-13/h1-7,10,16,18,22H,8-9,11H2/t16-,18+/m0/s1. The van der Waals surface area contributed by atoms with E-state index >= 15 is 0 Å². The van der Waals surface area contributed by atoms with Crippen molar-refractivity contribution in [3.8, 4) is 0 Å². The van der Waals surface area contributed by atoms with Crippen LogP contribution in [-0.2, 0) is 11.3 Å². The van der Waals surface area contributed by atoms with Gasteiger partial charge in [0.1, 0.15) is 0 Å². The van der Waals surface area contributed by atoms with E-state index in [1.54, 1.807) is 23.1 Å². The maximum Gasteiger partial charge on any atom is 0.223 e. The van der Waals surface area contributed by atoms with Crippen LogP contribution in [0.15, 0.2) is 48.5 Å². The van der Waals surface area contributed by atoms with Crippen LogP contribution in [0.3, 0.4) is 0 Å². The topological polar surface area (TPSA) is 40.5 Å². The zero-order valence-corrected chi connectivity index (χ0v) is 14.0. The number of amides is 1. The molecule has 2 aromatic carbocycles. The third-order valence-electron chi connectivity index (χ3n) is 4.13. The summed E-state index contributed by atoms with van der Waals surface area (Å²) in [7, 11) is 0. The summed E-state index contributed by atoms with van der Waals surface area (Å²) in [6, 6.07) is 14.3. The van der Waals surface area contributed by atoms with Gasteiger partial charge < -0.3 is 10.0 Å². The molecule has 2 aromatic rings. The summed E-state index contributed by atoms with van der Waals surface area (Å²) in [5, 5.41) is 11.7. The molecule has 1 aliphatic rings. The second kappa shape index (κ2) is 6.91. The molecule has 1 aliphatic heterocycles. The molecule has 23 heavy (non-hydrogen) atoms. The van der Waals surface area contributed by atoms with E-state index in [-0.39, 0.29) is 11.9 Å². The normalized spacial score (nSPS) is 21.5. The molecule has 0 aromatic heterocycles. The van der Waals surface area contributed by atoms with Gasteiger partial charge in [-0.25, -0.2) is 0 Å². The predicted molar refractivity (Wildman–Crippen MR) is 91.4 cm³/mol. The second-order valence-electron chi connectivity index (χ2n) is 5.75. The molecule has 1 N–H and O–H groups in total. The first-order chi connectivity index (χ1) is 11.0. The van der Waals surface area contributed by atoms with Crippen molar-refractivity contribution in [3.05, 3.63) is 69.7 Å². The van der Waals surface area contributed by atoms with Crippen LogP contribution in [0.1, 0.15) is 30.0 Å². The number of rotatable bonds is 3. The molecule has 1 amide bonds. The number of nitrogens with zero attached hydrogens (tertiary/aromatic N) is 1. The lowest BCUT2D eigenvalue weighted by molar-refractivity contribution is -0.143. The minimum Gasteiger partial charge on any atom is -0.391 e. The minimum absolute atomic E-state index is 0.0372. The highest BCUT2D eigenvalue weighted by atomic mass is 35.5. The fourth-order valence-corrected chi connectivity index (χ4v) is 3.33. The number of piperidine rings is 1. The molecule has 0 saturated carbocycles. The van der Waals surface area contributed by atoms with Crippen LogP contribution in [0.4, 0.5) is 0 Å². The van der Waals surface area contributed by atoms with Crippen LogP contribution in [0.5, 0.6) is 0 Å². The number of aliphatic hydroxyl groups excluding tert-OH is 1. The van der Waals surface area contributed by atoms with Gasteiger partial charge in [-0.1, -0.05) is 47.5 Å². The van der Waals surface area contributed by atoms with E-state index in [1.807, 2.05) is 30.3 Å². The van der Waals surface area contributed by atoms with E-state index in [0.29, 0.717) is 29.4 Å². The summed E-state index contributed by atoms with van der Waals surface area (Å²) >= 11 is 12.0.